The second-order valence-corrected chi connectivity index (χ2v) is 8.60. The van der Waals surface area contributed by atoms with Crippen LogP contribution < -0.4 is 4.90 Å². The van der Waals surface area contributed by atoms with E-state index in [1.807, 2.05) is 6.92 Å². The van der Waals surface area contributed by atoms with Gasteiger partial charge in [-0.05, 0) is 45.4 Å². The Bertz CT molecular complexity index is 809. The second-order valence-electron chi connectivity index (χ2n) is 8.60. The highest BCUT2D eigenvalue weighted by molar-refractivity contribution is 5.43. The summed E-state index contributed by atoms with van der Waals surface area (Å²) in [4.78, 5) is 18.5. The zero-order chi connectivity index (χ0) is 19.6. The maximum absolute atomic E-state index is 5.55. The number of piperidine rings is 1. The standard InChI is InChI=1S/C21H30N6O2/c1-15-12-20(23-14-22-15)27(17-2-3-17)18-4-8-26(9-5-18)13-19-24-21(29-25-19)16-6-10-28-11-7-16/h12,14,16-18H,2-11,13H2,1H3. The summed E-state index contributed by atoms with van der Waals surface area (Å²) in [6, 6.07) is 3.33. The van der Waals surface area contributed by atoms with E-state index < -0.39 is 0 Å². The molecule has 4 heterocycles. The quantitative estimate of drug-likeness (QED) is 0.735. The third-order valence-electron chi connectivity index (χ3n) is 6.36. The normalized spacial score (nSPS) is 22.1. The Kier molecular flexibility index (Phi) is 5.46. The molecule has 2 aromatic rings. The molecular weight excluding hydrogens is 368 g/mol. The van der Waals surface area contributed by atoms with Gasteiger partial charge in [-0.2, -0.15) is 4.98 Å². The first-order chi connectivity index (χ1) is 14.3. The summed E-state index contributed by atoms with van der Waals surface area (Å²) in [5.41, 5.74) is 1.04. The summed E-state index contributed by atoms with van der Waals surface area (Å²) in [5.74, 6) is 3.06. The molecule has 29 heavy (non-hydrogen) atoms. The summed E-state index contributed by atoms with van der Waals surface area (Å²) in [6.07, 6.45) is 8.50. The predicted octanol–water partition coefficient (Wildman–Crippen LogP) is 2.70. The van der Waals surface area contributed by atoms with Gasteiger partial charge in [0.15, 0.2) is 5.82 Å². The van der Waals surface area contributed by atoms with E-state index in [9.17, 15) is 0 Å². The average Bonchev–Trinajstić information content (AvgIpc) is 3.47. The maximum Gasteiger partial charge on any atom is 0.229 e. The van der Waals surface area contributed by atoms with Crippen molar-refractivity contribution in [2.75, 3.05) is 31.2 Å². The van der Waals surface area contributed by atoms with Gasteiger partial charge in [0.05, 0.1) is 6.54 Å². The smallest absolute Gasteiger partial charge is 0.229 e. The lowest BCUT2D eigenvalue weighted by molar-refractivity contribution is 0.0778. The molecule has 3 aliphatic rings. The first-order valence-corrected chi connectivity index (χ1v) is 11.0. The van der Waals surface area contributed by atoms with Crippen LogP contribution in [0.15, 0.2) is 16.9 Å². The van der Waals surface area contributed by atoms with E-state index in [1.54, 1.807) is 6.33 Å². The van der Waals surface area contributed by atoms with Crippen molar-refractivity contribution in [1.29, 1.82) is 0 Å². The molecule has 1 aliphatic carbocycles. The van der Waals surface area contributed by atoms with Crippen LogP contribution in [0.4, 0.5) is 5.82 Å². The third-order valence-corrected chi connectivity index (χ3v) is 6.36. The molecule has 0 amide bonds. The monoisotopic (exact) mass is 398 g/mol. The number of hydrogen-bond acceptors (Lipinski definition) is 8. The molecule has 0 unspecified atom stereocenters. The van der Waals surface area contributed by atoms with Crippen LogP contribution in [0, 0.1) is 6.92 Å². The van der Waals surface area contributed by atoms with Crippen LogP contribution in [0.1, 0.15) is 61.9 Å². The average molecular weight is 399 g/mol. The van der Waals surface area contributed by atoms with Crippen LogP contribution in [0.5, 0.6) is 0 Å². The molecule has 0 atom stereocenters. The molecule has 1 saturated carbocycles. The summed E-state index contributed by atoms with van der Waals surface area (Å²) in [6.45, 7) is 6.50. The van der Waals surface area contributed by atoms with Crippen molar-refractivity contribution in [2.45, 2.75) is 70.0 Å². The molecule has 0 radical (unpaired) electrons. The Morgan fingerprint density at radius 1 is 1.03 bits per heavy atom. The lowest BCUT2D eigenvalue weighted by Crippen LogP contribution is -2.46. The zero-order valence-electron chi connectivity index (χ0n) is 17.2. The fourth-order valence-electron chi connectivity index (χ4n) is 4.60. The molecule has 0 bridgehead atoms. The number of ether oxygens (including phenoxy) is 1. The Hall–Kier alpha value is -2.06. The van der Waals surface area contributed by atoms with Crippen LogP contribution in [-0.4, -0.2) is 63.4 Å². The highest BCUT2D eigenvalue weighted by atomic mass is 16.5. The van der Waals surface area contributed by atoms with E-state index >= 15 is 0 Å². The van der Waals surface area contributed by atoms with Crippen molar-refractivity contribution in [3.05, 3.63) is 29.8 Å². The summed E-state index contributed by atoms with van der Waals surface area (Å²) >= 11 is 0. The molecule has 8 heteroatoms. The van der Waals surface area contributed by atoms with Crippen molar-refractivity contribution in [3.8, 4) is 0 Å². The van der Waals surface area contributed by atoms with Gasteiger partial charge < -0.3 is 14.2 Å². The molecule has 8 nitrogen and oxygen atoms in total. The van der Waals surface area contributed by atoms with Crippen LogP contribution in [0.2, 0.25) is 0 Å². The topological polar surface area (TPSA) is 80.4 Å². The molecule has 5 rings (SSSR count). The van der Waals surface area contributed by atoms with E-state index in [-0.39, 0.29) is 0 Å². The van der Waals surface area contributed by atoms with Crippen LogP contribution >= 0.6 is 0 Å². The highest BCUT2D eigenvalue weighted by Crippen LogP contribution is 2.35. The zero-order valence-corrected chi connectivity index (χ0v) is 17.2. The molecule has 0 N–H and O–H groups in total. The third kappa shape index (κ3) is 4.43. The summed E-state index contributed by atoms with van der Waals surface area (Å²) < 4.78 is 11.0. The number of nitrogens with zero attached hydrogens (tertiary/aromatic N) is 6. The molecule has 3 fully saturated rings. The largest absolute Gasteiger partial charge is 0.381 e. The fraction of sp³-hybridized carbons (Fsp3) is 0.714. The van der Waals surface area contributed by atoms with Crippen LogP contribution in [0.25, 0.3) is 0 Å². The first-order valence-electron chi connectivity index (χ1n) is 11.0. The minimum absolute atomic E-state index is 0.360. The van der Waals surface area contributed by atoms with Crippen molar-refractivity contribution in [3.63, 3.8) is 0 Å². The molecular formula is C21H30N6O2. The number of rotatable bonds is 6. The minimum atomic E-state index is 0.360. The van der Waals surface area contributed by atoms with Crippen molar-refractivity contribution in [1.82, 2.24) is 25.0 Å². The van der Waals surface area contributed by atoms with E-state index in [2.05, 4.69) is 36.0 Å². The Morgan fingerprint density at radius 3 is 2.52 bits per heavy atom. The lowest BCUT2D eigenvalue weighted by Gasteiger charge is -2.39. The Balaban J connectivity index is 1.18. The van der Waals surface area contributed by atoms with Gasteiger partial charge in [0.1, 0.15) is 12.1 Å². The number of aromatic nitrogens is 4. The number of anilines is 1. The van der Waals surface area contributed by atoms with Crippen LogP contribution in [-0.2, 0) is 11.3 Å². The maximum atomic E-state index is 5.55. The lowest BCUT2D eigenvalue weighted by atomic mass is 10.0. The van der Waals surface area contributed by atoms with Gasteiger partial charge in [0.2, 0.25) is 5.89 Å². The van der Waals surface area contributed by atoms with Crippen molar-refractivity contribution >= 4 is 5.82 Å². The molecule has 156 valence electrons. The van der Waals surface area contributed by atoms with Crippen molar-refractivity contribution in [2.24, 2.45) is 0 Å². The molecule has 2 saturated heterocycles. The van der Waals surface area contributed by atoms with Gasteiger partial charge in [0.25, 0.3) is 0 Å². The minimum Gasteiger partial charge on any atom is -0.381 e. The van der Waals surface area contributed by atoms with Gasteiger partial charge in [-0.25, -0.2) is 9.97 Å². The highest BCUT2D eigenvalue weighted by Gasteiger charge is 2.36. The van der Waals surface area contributed by atoms with Gasteiger partial charge in [0, 0.05) is 56.1 Å². The van der Waals surface area contributed by atoms with E-state index in [1.165, 1.54) is 12.8 Å². The first kappa shape index (κ1) is 18.9. The molecule has 2 aliphatic heterocycles. The second kappa shape index (κ2) is 8.36. The summed E-state index contributed by atoms with van der Waals surface area (Å²) in [5, 5.41) is 4.24. The number of likely N-dealkylation sites (tertiary alicyclic amines) is 1. The Morgan fingerprint density at radius 2 is 1.79 bits per heavy atom. The Labute approximate surface area is 171 Å². The number of hydrogen-bond donors (Lipinski definition) is 0. The van der Waals surface area contributed by atoms with Gasteiger partial charge in [-0.1, -0.05) is 5.16 Å². The molecule has 0 aromatic carbocycles. The van der Waals surface area contributed by atoms with E-state index in [4.69, 9.17) is 9.26 Å². The van der Waals surface area contributed by atoms with Gasteiger partial charge in [-0.3, -0.25) is 4.90 Å². The predicted molar refractivity (Wildman–Crippen MR) is 108 cm³/mol. The molecule has 2 aromatic heterocycles. The van der Waals surface area contributed by atoms with Crippen LogP contribution in [0.3, 0.4) is 0 Å². The van der Waals surface area contributed by atoms with E-state index in [0.29, 0.717) is 18.0 Å². The SMILES string of the molecule is Cc1cc(N(C2CC2)C2CCN(Cc3noc(C4CCOCC4)n3)CC2)ncn1. The van der Waals surface area contributed by atoms with Crippen molar-refractivity contribution < 1.29 is 9.26 Å². The fourth-order valence-corrected chi connectivity index (χ4v) is 4.60. The van der Waals surface area contributed by atoms with Gasteiger partial charge in [-0.15, -0.1) is 0 Å². The van der Waals surface area contributed by atoms with E-state index in [0.717, 1.165) is 81.8 Å². The molecule has 0 spiro atoms. The van der Waals surface area contributed by atoms with Gasteiger partial charge >= 0.3 is 0 Å². The summed E-state index contributed by atoms with van der Waals surface area (Å²) in [7, 11) is 0. The number of aryl methyl sites for hydroxylation is 1.